The molecule has 9 heteroatoms. The molecule has 9 nitrogen and oxygen atoms in total. The van der Waals surface area contributed by atoms with Crippen molar-refractivity contribution in [3.8, 4) is 0 Å². The minimum Gasteiger partial charge on any atom is -0.389 e. The van der Waals surface area contributed by atoms with Gasteiger partial charge in [0, 0.05) is 36.7 Å². The average molecular weight is 697 g/mol. The lowest BCUT2D eigenvalue weighted by Crippen LogP contribution is -2.55. The Hall–Kier alpha value is -3.23. The van der Waals surface area contributed by atoms with Gasteiger partial charge >= 0.3 is 6.03 Å². The van der Waals surface area contributed by atoms with Gasteiger partial charge in [0.05, 0.1) is 18.1 Å². The van der Waals surface area contributed by atoms with E-state index in [1.165, 1.54) is 18.5 Å². The molecule has 284 valence electrons. The monoisotopic (exact) mass is 697 g/mol. The number of piperidine rings is 1. The number of nitrogens with one attached hydrogen (secondary N) is 4. The summed E-state index contributed by atoms with van der Waals surface area (Å²) in [6.07, 6.45) is 10.6. The zero-order valence-electron chi connectivity index (χ0n) is 33.1. The predicted octanol–water partition coefficient (Wildman–Crippen LogP) is 7.18. The molecule has 0 aromatic rings. The van der Waals surface area contributed by atoms with Crippen molar-refractivity contribution >= 4 is 17.7 Å². The van der Waals surface area contributed by atoms with E-state index >= 15 is 0 Å². The highest BCUT2D eigenvalue weighted by Gasteiger charge is 2.68. The molecule has 0 radical (unpaired) electrons. The molecule has 1 aliphatic heterocycles. The Morgan fingerprint density at radius 2 is 1.60 bits per heavy atom. The number of carbonyl (C=O) groups is 3. The van der Waals surface area contributed by atoms with E-state index < -0.39 is 23.8 Å². The number of likely N-dealkylation sites (tertiary alicyclic amines) is 1. The van der Waals surface area contributed by atoms with Crippen molar-refractivity contribution in [2.45, 2.75) is 138 Å². The molecule has 1 heterocycles. The Bertz CT molecular complexity index is 1230. The number of Topliss-reactive ketones (excluding diaryl/α,β-unsaturated/α-hetero) is 1. The molecule has 3 fully saturated rings. The van der Waals surface area contributed by atoms with E-state index in [-0.39, 0.29) is 29.5 Å². The number of hydrogen-bond acceptors (Lipinski definition) is 6. The van der Waals surface area contributed by atoms with Crippen molar-refractivity contribution in [1.82, 2.24) is 26.2 Å². The van der Waals surface area contributed by atoms with Crippen LogP contribution in [0.2, 0.25) is 0 Å². The fraction of sp³-hybridized carbons (Fsp3) is 0.732. The van der Waals surface area contributed by atoms with Crippen LogP contribution in [-0.4, -0.2) is 60.4 Å². The average Bonchev–Trinajstić information content (AvgIpc) is 3.34. The summed E-state index contributed by atoms with van der Waals surface area (Å²) < 4.78 is 0. The minimum absolute atomic E-state index is 0.0970. The normalized spacial score (nSPS) is 23.4. The van der Waals surface area contributed by atoms with E-state index in [1.807, 2.05) is 6.92 Å². The van der Waals surface area contributed by atoms with Crippen molar-refractivity contribution in [2.24, 2.45) is 39.7 Å². The molecule has 1 saturated heterocycles. The van der Waals surface area contributed by atoms with Gasteiger partial charge in [-0.05, 0) is 73.0 Å². The Labute approximate surface area is 304 Å². The Morgan fingerprint density at radius 1 is 0.980 bits per heavy atom. The maximum Gasteiger partial charge on any atom is 0.312 e. The Morgan fingerprint density at radius 3 is 2.12 bits per heavy atom. The van der Waals surface area contributed by atoms with Gasteiger partial charge in [-0.3, -0.25) is 9.59 Å². The number of fused-ring (bicyclic) bond motifs is 1. The van der Waals surface area contributed by atoms with Crippen LogP contribution >= 0.6 is 0 Å². The third-order valence-electron chi connectivity index (χ3n) is 11.9. The predicted molar refractivity (Wildman–Crippen MR) is 208 cm³/mol. The number of allylic oxidation sites excluding steroid dienone is 1. The summed E-state index contributed by atoms with van der Waals surface area (Å²) in [5.41, 5.74) is 8.82. The molecule has 50 heavy (non-hydrogen) atoms. The van der Waals surface area contributed by atoms with Gasteiger partial charge in [-0.2, -0.15) is 0 Å². The lowest BCUT2D eigenvalue weighted by molar-refractivity contribution is -0.139. The number of amides is 3. The van der Waals surface area contributed by atoms with E-state index in [4.69, 9.17) is 5.73 Å². The first kappa shape index (κ1) is 42.9. The van der Waals surface area contributed by atoms with E-state index in [1.54, 1.807) is 6.08 Å². The summed E-state index contributed by atoms with van der Waals surface area (Å²) in [6, 6.07) is -1.58. The zero-order valence-corrected chi connectivity index (χ0v) is 33.1. The first-order chi connectivity index (χ1) is 23.3. The fourth-order valence-corrected chi connectivity index (χ4v) is 8.04. The smallest absolute Gasteiger partial charge is 0.312 e. The van der Waals surface area contributed by atoms with Gasteiger partial charge in [-0.25, -0.2) is 4.79 Å². The lowest BCUT2D eigenvalue weighted by Gasteiger charge is -2.46. The number of hydrogen-bond donors (Lipinski definition) is 5. The molecule has 0 aromatic heterocycles. The van der Waals surface area contributed by atoms with Gasteiger partial charge in [0.25, 0.3) is 5.91 Å². The van der Waals surface area contributed by atoms with Crippen LogP contribution in [0, 0.1) is 34.0 Å². The number of nitrogens with zero attached hydrogens (tertiary/aromatic N) is 1. The number of carbonyl (C=O) groups excluding carboxylic acids is 3. The Kier molecular flexibility index (Phi) is 15.7. The molecule has 2 aliphatic carbocycles. The van der Waals surface area contributed by atoms with Crippen molar-refractivity contribution in [2.75, 3.05) is 19.6 Å². The highest BCUT2D eigenvalue weighted by atomic mass is 16.2. The van der Waals surface area contributed by atoms with Crippen LogP contribution in [-0.2, 0) is 9.59 Å². The third kappa shape index (κ3) is 11.1. The summed E-state index contributed by atoms with van der Waals surface area (Å²) in [6.45, 7) is 38.6. The van der Waals surface area contributed by atoms with Crippen LogP contribution < -0.4 is 27.0 Å². The maximum atomic E-state index is 13.0. The van der Waals surface area contributed by atoms with Gasteiger partial charge in [-0.1, -0.05) is 107 Å². The van der Waals surface area contributed by atoms with Gasteiger partial charge in [0.2, 0.25) is 5.78 Å². The van der Waals surface area contributed by atoms with Gasteiger partial charge < -0.3 is 31.9 Å². The highest BCUT2D eigenvalue weighted by Crippen LogP contribution is 2.66. The number of primary amides is 1. The second-order valence-electron chi connectivity index (χ2n) is 17.0. The third-order valence-corrected chi connectivity index (χ3v) is 11.9. The molecule has 6 N–H and O–H groups in total. The molecule has 0 aromatic carbocycles. The highest BCUT2D eigenvalue weighted by molar-refractivity contribution is 6.38. The fourth-order valence-electron chi connectivity index (χ4n) is 8.04. The molecular weight excluding hydrogens is 624 g/mol. The zero-order chi connectivity index (χ0) is 38.0. The van der Waals surface area contributed by atoms with Gasteiger partial charge in [0.1, 0.15) is 0 Å². The standard InChI is InChI=1S/C29H47N5O3.C12H25N/c1-8-13-21(24(35)26(36)31-16-9-2)32-18(3)23-22-20(28(22,5)6)17-34(23)19(4)25(33-27(30)37)29(7)14-11-10-12-15-29;1-7-13-11(3)9-8-10(2)12(4,5)6/h9,20-23,25,32H,2-4,8,10-17H2,1,5-7H3,(H,31,36)(H3,30,33,37);10,13H,3,7-9H2,1-2,4-6H3/t20?,21?,22-,23?,25?;/m0./s1. The van der Waals surface area contributed by atoms with Gasteiger partial charge in [-0.15, -0.1) is 6.58 Å². The summed E-state index contributed by atoms with van der Waals surface area (Å²) in [5.74, 6) is 0.430. The first-order valence-electron chi connectivity index (χ1n) is 19.1. The van der Waals surface area contributed by atoms with E-state index in [0.717, 1.165) is 63.2 Å². The van der Waals surface area contributed by atoms with Crippen LogP contribution in [0.5, 0.6) is 0 Å². The van der Waals surface area contributed by atoms with Crippen molar-refractivity contribution < 1.29 is 14.4 Å². The van der Waals surface area contributed by atoms with Crippen LogP contribution in [0.1, 0.15) is 120 Å². The SMILES string of the molecule is C=C(CCC(C)C(C)(C)C)NCC.C=CCNC(=O)C(=O)C(CCC)NC(=C)C1[C@@H]2C(CN1C(=C)C(NC(N)=O)C1(C)CCCCC1)C2(C)C. The number of nitrogens with two attached hydrogens (primary N) is 1. The minimum atomic E-state index is -0.659. The molecule has 5 unspecified atom stereocenters. The summed E-state index contributed by atoms with van der Waals surface area (Å²) in [5, 5.41) is 12.2. The van der Waals surface area contributed by atoms with Crippen LogP contribution in [0.4, 0.5) is 4.79 Å². The summed E-state index contributed by atoms with van der Waals surface area (Å²) >= 11 is 0. The summed E-state index contributed by atoms with van der Waals surface area (Å²) in [4.78, 5) is 39.7. The van der Waals surface area contributed by atoms with Gasteiger partial charge in [0.15, 0.2) is 0 Å². The van der Waals surface area contributed by atoms with E-state index in [9.17, 15) is 14.4 Å². The van der Waals surface area contributed by atoms with Crippen molar-refractivity contribution in [3.05, 3.63) is 49.5 Å². The largest absolute Gasteiger partial charge is 0.389 e. The molecule has 3 aliphatic rings. The maximum absolute atomic E-state index is 13.0. The number of urea groups is 1. The molecule has 6 atom stereocenters. The molecule has 3 rings (SSSR count). The van der Waals surface area contributed by atoms with Crippen molar-refractivity contribution in [3.63, 3.8) is 0 Å². The quantitative estimate of drug-likeness (QED) is 0.0763. The molecule has 0 spiro atoms. The second-order valence-corrected chi connectivity index (χ2v) is 17.0. The van der Waals surface area contributed by atoms with E-state index in [2.05, 4.69) is 108 Å². The first-order valence-corrected chi connectivity index (χ1v) is 19.1. The van der Waals surface area contributed by atoms with Crippen LogP contribution in [0.3, 0.4) is 0 Å². The van der Waals surface area contributed by atoms with E-state index in [0.29, 0.717) is 29.4 Å². The number of ketones is 1. The summed E-state index contributed by atoms with van der Waals surface area (Å²) in [7, 11) is 0. The molecule has 3 amide bonds. The molecular formula is C41H72N6O3. The molecule has 2 saturated carbocycles. The topological polar surface area (TPSA) is 129 Å². The number of rotatable bonds is 18. The van der Waals surface area contributed by atoms with Crippen LogP contribution in [0.25, 0.3) is 0 Å². The second kappa shape index (κ2) is 18.3. The van der Waals surface area contributed by atoms with Crippen LogP contribution in [0.15, 0.2) is 49.5 Å². The Balaban J connectivity index is 0.000000565. The van der Waals surface area contributed by atoms with Crippen molar-refractivity contribution in [1.29, 1.82) is 0 Å². The lowest BCUT2D eigenvalue weighted by atomic mass is 9.69. The molecule has 0 bridgehead atoms.